The van der Waals surface area contributed by atoms with E-state index in [0.29, 0.717) is 19.4 Å². The van der Waals surface area contributed by atoms with E-state index in [0.717, 1.165) is 50.3 Å². The molecule has 2 aliphatic rings. The van der Waals surface area contributed by atoms with Crippen LogP contribution in [0.5, 0.6) is 0 Å². The maximum absolute atomic E-state index is 12.2. The van der Waals surface area contributed by atoms with Gasteiger partial charge in [0.2, 0.25) is 11.8 Å². The molecule has 1 aromatic rings. The molecule has 0 bridgehead atoms. The van der Waals surface area contributed by atoms with Crippen molar-refractivity contribution in [1.82, 2.24) is 4.90 Å². The summed E-state index contributed by atoms with van der Waals surface area (Å²) in [5.41, 5.74) is 1.61. The molecule has 0 unspecified atom stereocenters. The van der Waals surface area contributed by atoms with Gasteiger partial charge >= 0.3 is 5.97 Å². The Bertz CT molecular complexity index is 681. The van der Waals surface area contributed by atoms with E-state index in [1.807, 2.05) is 24.3 Å². The van der Waals surface area contributed by atoms with E-state index in [1.54, 1.807) is 4.90 Å². The van der Waals surface area contributed by atoms with Crippen molar-refractivity contribution >= 4 is 29.2 Å². The van der Waals surface area contributed by atoms with Crippen LogP contribution in [0, 0.1) is 5.92 Å². The summed E-state index contributed by atoms with van der Waals surface area (Å²) in [7, 11) is 1.43. The fraction of sp³-hybridized carbons (Fsp3) is 0.550. The highest BCUT2D eigenvalue weighted by Crippen LogP contribution is 2.23. The fourth-order valence-corrected chi connectivity index (χ4v) is 3.69. The number of hydrogen-bond donors (Lipinski definition) is 1. The van der Waals surface area contributed by atoms with Crippen molar-refractivity contribution in [1.29, 1.82) is 0 Å². The highest BCUT2D eigenvalue weighted by Gasteiger charge is 2.25. The smallest absolute Gasteiger partial charge is 0.308 e. The second kappa shape index (κ2) is 8.99. The zero-order valence-electron chi connectivity index (χ0n) is 15.8. The number of nitrogens with one attached hydrogen (secondary N) is 1. The lowest BCUT2D eigenvalue weighted by atomic mass is 9.97. The number of hydrogen-bond acceptors (Lipinski definition) is 5. The van der Waals surface area contributed by atoms with Crippen LogP contribution in [0.2, 0.25) is 0 Å². The number of anilines is 2. The van der Waals surface area contributed by atoms with Gasteiger partial charge in [-0.3, -0.25) is 14.4 Å². The number of esters is 1. The lowest BCUT2D eigenvalue weighted by Crippen LogP contribution is -2.38. The lowest BCUT2D eigenvalue weighted by molar-refractivity contribution is -0.147. The van der Waals surface area contributed by atoms with Gasteiger partial charge in [0, 0.05) is 37.3 Å². The molecule has 2 saturated heterocycles. The summed E-state index contributed by atoms with van der Waals surface area (Å²) in [4.78, 5) is 39.5. The number of benzene rings is 1. The molecule has 0 radical (unpaired) electrons. The van der Waals surface area contributed by atoms with Crippen LogP contribution in [0.3, 0.4) is 0 Å². The molecule has 0 saturated carbocycles. The van der Waals surface area contributed by atoms with Crippen molar-refractivity contribution in [2.24, 2.45) is 5.92 Å². The molecule has 146 valence electrons. The molecule has 7 heteroatoms. The highest BCUT2D eigenvalue weighted by molar-refractivity contribution is 5.96. The van der Waals surface area contributed by atoms with Crippen LogP contribution in [0.4, 0.5) is 11.4 Å². The second-order valence-electron chi connectivity index (χ2n) is 7.13. The highest BCUT2D eigenvalue weighted by atomic mass is 16.5. The van der Waals surface area contributed by atoms with E-state index >= 15 is 0 Å². The van der Waals surface area contributed by atoms with Crippen molar-refractivity contribution < 1.29 is 19.1 Å². The average molecular weight is 373 g/mol. The number of methoxy groups -OCH3 is 1. The summed E-state index contributed by atoms with van der Waals surface area (Å²) in [6, 6.07) is 7.41. The maximum Gasteiger partial charge on any atom is 0.308 e. The first-order valence-corrected chi connectivity index (χ1v) is 9.57. The van der Waals surface area contributed by atoms with Gasteiger partial charge < -0.3 is 19.9 Å². The van der Waals surface area contributed by atoms with Gasteiger partial charge in [-0.1, -0.05) is 0 Å². The number of amides is 2. The van der Waals surface area contributed by atoms with Crippen LogP contribution in [-0.4, -0.2) is 56.0 Å². The van der Waals surface area contributed by atoms with Crippen LogP contribution >= 0.6 is 0 Å². The van der Waals surface area contributed by atoms with Crippen molar-refractivity contribution in [3.63, 3.8) is 0 Å². The number of rotatable bonds is 6. The van der Waals surface area contributed by atoms with E-state index in [1.165, 1.54) is 7.11 Å². The van der Waals surface area contributed by atoms with Gasteiger partial charge in [0.1, 0.15) is 0 Å². The summed E-state index contributed by atoms with van der Waals surface area (Å²) < 4.78 is 4.79. The molecule has 1 N–H and O–H groups in total. The van der Waals surface area contributed by atoms with E-state index in [9.17, 15) is 14.4 Å². The van der Waals surface area contributed by atoms with Crippen molar-refractivity contribution in [2.45, 2.75) is 32.1 Å². The number of piperidine rings is 1. The van der Waals surface area contributed by atoms with Gasteiger partial charge in [0.15, 0.2) is 0 Å². The summed E-state index contributed by atoms with van der Waals surface area (Å²) in [5, 5.41) is 2.90. The summed E-state index contributed by atoms with van der Waals surface area (Å²) in [5.74, 6) is -0.0228. The summed E-state index contributed by atoms with van der Waals surface area (Å²) in [6.45, 7) is 3.06. The number of carbonyl (C=O) groups excluding carboxylic acids is 3. The van der Waals surface area contributed by atoms with Crippen LogP contribution in [0.25, 0.3) is 0 Å². The minimum atomic E-state index is -0.133. The molecule has 0 spiro atoms. The minimum Gasteiger partial charge on any atom is -0.469 e. The van der Waals surface area contributed by atoms with Gasteiger partial charge in [0.05, 0.1) is 13.0 Å². The van der Waals surface area contributed by atoms with Gasteiger partial charge in [-0.2, -0.15) is 0 Å². The average Bonchev–Trinajstić information content (AvgIpc) is 3.12. The molecule has 0 aromatic heterocycles. The predicted octanol–water partition coefficient (Wildman–Crippen LogP) is 2.03. The molecule has 27 heavy (non-hydrogen) atoms. The molecule has 0 atom stereocenters. The first-order valence-electron chi connectivity index (χ1n) is 9.57. The molecule has 1 aromatic carbocycles. The third kappa shape index (κ3) is 5.07. The van der Waals surface area contributed by atoms with E-state index in [-0.39, 0.29) is 23.7 Å². The summed E-state index contributed by atoms with van der Waals surface area (Å²) >= 11 is 0. The molecule has 7 nitrogen and oxygen atoms in total. The van der Waals surface area contributed by atoms with Crippen LogP contribution in [-0.2, 0) is 19.1 Å². The van der Waals surface area contributed by atoms with E-state index in [4.69, 9.17) is 4.74 Å². The Balaban J connectivity index is 1.41. The monoisotopic (exact) mass is 373 g/mol. The SMILES string of the molecule is COC(=O)C1CCN(CCC(=O)Nc2ccc(N3CCCC3=O)cc2)CC1. The van der Waals surface area contributed by atoms with Crippen molar-refractivity contribution in [3.05, 3.63) is 24.3 Å². The Labute approximate surface area is 159 Å². The Morgan fingerprint density at radius 1 is 1.15 bits per heavy atom. The van der Waals surface area contributed by atoms with Gasteiger partial charge in [-0.15, -0.1) is 0 Å². The molecular weight excluding hydrogens is 346 g/mol. The molecule has 0 aliphatic carbocycles. The Hall–Kier alpha value is -2.41. The second-order valence-corrected chi connectivity index (χ2v) is 7.13. The van der Waals surface area contributed by atoms with Gasteiger partial charge in [-0.25, -0.2) is 0 Å². The Kier molecular flexibility index (Phi) is 6.45. The third-order valence-electron chi connectivity index (χ3n) is 5.31. The van der Waals surface area contributed by atoms with E-state index < -0.39 is 0 Å². The summed E-state index contributed by atoms with van der Waals surface area (Å²) in [6.07, 6.45) is 3.48. The Morgan fingerprint density at radius 3 is 2.44 bits per heavy atom. The molecule has 2 amide bonds. The minimum absolute atomic E-state index is 0.0129. The standard InChI is InChI=1S/C20H27N3O4/c1-27-20(26)15-8-12-22(13-9-15)14-10-18(24)21-16-4-6-17(7-5-16)23-11-2-3-19(23)25/h4-7,15H,2-3,8-14H2,1H3,(H,21,24). The zero-order valence-corrected chi connectivity index (χ0v) is 15.8. The van der Waals surface area contributed by atoms with Crippen LogP contribution in [0.15, 0.2) is 24.3 Å². The quantitative estimate of drug-likeness (QED) is 0.772. The Morgan fingerprint density at radius 2 is 1.85 bits per heavy atom. The number of nitrogens with zero attached hydrogens (tertiary/aromatic N) is 2. The molecular formula is C20H27N3O4. The molecule has 2 aliphatic heterocycles. The number of ether oxygens (including phenoxy) is 1. The largest absolute Gasteiger partial charge is 0.469 e. The first kappa shape index (κ1) is 19.4. The molecule has 2 fully saturated rings. The fourth-order valence-electron chi connectivity index (χ4n) is 3.69. The van der Waals surface area contributed by atoms with Crippen LogP contribution < -0.4 is 10.2 Å². The molecule has 2 heterocycles. The van der Waals surface area contributed by atoms with E-state index in [2.05, 4.69) is 10.2 Å². The van der Waals surface area contributed by atoms with Crippen molar-refractivity contribution in [2.75, 3.05) is 43.5 Å². The lowest BCUT2D eigenvalue weighted by Gasteiger charge is -2.30. The van der Waals surface area contributed by atoms with Crippen molar-refractivity contribution in [3.8, 4) is 0 Å². The predicted molar refractivity (Wildman–Crippen MR) is 102 cm³/mol. The first-order chi connectivity index (χ1) is 13.1. The molecule has 3 rings (SSSR count). The third-order valence-corrected chi connectivity index (χ3v) is 5.31. The van der Waals surface area contributed by atoms with Crippen LogP contribution in [0.1, 0.15) is 32.1 Å². The van der Waals surface area contributed by atoms with Gasteiger partial charge in [0.25, 0.3) is 0 Å². The zero-order chi connectivity index (χ0) is 19.2. The number of likely N-dealkylation sites (tertiary alicyclic amines) is 1. The van der Waals surface area contributed by atoms with Gasteiger partial charge in [-0.05, 0) is 56.6 Å². The topological polar surface area (TPSA) is 79.0 Å². The maximum atomic E-state index is 12.2. The number of carbonyl (C=O) groups is 3. The normalized spacial score (nSPS) is 18.6.